The molecule has 0 spiro atoms. The van der Waals surface area contributed by atoms with Crippen LogP contribution >= 0.6 is 11.6 Å². The average Bonchev–Trinajstić information content (AvgIpc) is 2.46. The Kier molecular flexibility index (Phi) is 4.65. The minimum Gasteiger partial charge on any atom is -0.304 e. The monoisotopic (exact) mass is 291 g/mol. The van der Waals surface area contributed by atoms with Crippen molar-refractivity contribution in [1.82, 2.24) is 10.3 Å². The summed E-state index contributed by atoms with van der Waals surface area (Å²) in [4.78, 5) is 14.8. The largest absolute Gasteiger partial charge is 0.304 e. The van der Waals surface area contributed by atoms with Gasteiger partial charge in [-0.2, -0.15) is 0 Å². The molecule has 1 aromatic heterocycles. The number of nitrogens with one attached hydrogen (secondary N) is 1. The standard InChI is InChI=1S/C14H14ClN3O2/c1-10(13-4-2-3-7-16-13)17-9-11-5-6-12(15)8-14(11)18(19)20/h2-8,10,17H,9H2,1H3. The summed E-state index contributed by atoms with van der Waals surface area (Å²) in [5, 5.41) is 14.6. The fraction of sp³-hybridized carbons (Fsp3) is 0.214. The lowest BCUT2D eigenvalue weighted by molar-refractivity contribution is -0.385. The number of hydrogen-bond donors (Lipinski definition) is 1. The Bertz CT molecular complexity index is 605. The maximum absolute atomic E-state index is 11.0. The molecule has 0 aliphatic rings. The highest BCUT2D eigenvalue weighted by Gasteiger charge is 2.15. The van der Waals surface area contributed by atoms with Crippen molar-refractivity contribution in [2.75, 3.05) is 0 Å². The maximum atomic E-state index is 11.0. The van der Waals surface area contributed by atoms with Gasteiger partial charge < -0.3 is 5.32 Å². The Morgan fingerprint density at radius 2 is 2.20 bits per heavy atom. The first kappa shape index (κ1) is 14.4. The number of pyridine rings is 1. The summed E-state index contributed by atoms with van der Waals surface area (Å²) in [6.07, 6.45) is 1.72. The summed E-state index contributed by atoms with van der Waals surface area (Å²) >= 11 is 5.78. The van der Waals surface area contributed by atoms with Crippen LogP contribution in [0.15, 0.2) is 42.6 Å². The normalized spacial score (nSPS) is 12.1. The van der Waals surface area contributed by atoms with Gasteiger partial charge in [-0.1, -0.05) is 17.7 Å². The van der Waals surface area contributed by atoms with Crippen LogP contribution in [-0.4, -0.2) is 9.91 Å². The number of aromatic nitrogens is 1. The van der Waals surface area contributed by atoms with Crippen molar-refractivity contribution < 1.29 is 4.92 Å². The molecular weight excluding hydrogens is 278 g/mol. The predicted octanol–water partition coefficient (Wildman–Crippen LogP) is 3.49. The van der Waals surface area contributed by atoms with Crippen LogP contribution in [-0.2, 0) is 6.54 Å². The third kappa shape index (κ3) is 3.53. The van der Waals surface area contributed by atoms with E-state index in [2.05, 4.69) is 10.3 Å². The number of nitrogens with zero attached hydrogens (tertiary/aromatic N) is 2. The molecule has 2 aromatic rings. The number of nitro benzene ring substituents is 1. The summed E-state index contributed by atoms with van der Waals surface area (Å²) in [6, 6.07) is 10.4. The zero-order chi connectivity index (χ0) is 14.5. The van der Waals surface area contributed by atoms with Crippen molar-refractivity contribution in [3.8, 4) is 0 Å². The number of hydrogen-bond acceptors (Lipinski definition) is 4. The van der Waals surface area contributed by atoms with Gasteiger partial charge in [0.2, 0.25) is 0 Å². The second-order valence-electron chi connectivity index (χ2n) is 4.39. The van der Waals surface area contributed by atoms with E-state index >= 15 is 0 Å². The van der Waals surface area contributed by atoms with Crippen LogP contribution in [0.1, 0.15) is 24.2 Å². The Balaban J connectivity index is 2.09. The molecule has 20 heavy (non-hydrogen) atoms. The van der Waals surface area contributed by atoms with Crippen molar-refractivity contribution >= 4 is 17.3 Å². The number of benzene rings is 1. The van der Waals surface area contributed by atoms with Gasteiger partial charge in [-0.15, -0.1) is 0 Å². The van der Waals surface area contributed by atoms with E-state index in [-0.39, 0.29) is 11.7 Å². The molecule has 1 unspecified atom stereocenters. The van der Waals surface area contributed by atoms with Gasteiger partial charge in [0.1, 0.15) is 0 Å². The molecule has 0 bridgehead atoms. The van der Waals surface area contributed by atoms with Crippen molar-refractivity contribution in [3.63, 3.8) is 0 Å². The SMILES string of the molecule is CC(NCc1ccc(Cl)cc1[N+](=O)[O-])c1ccccn1. The molecule has 1 heterocycles. The Hall–Kier alpha value is -1.98. The van der Waals surface area contributed by atoms with E-state index in [0.29, 0.717) is 17.1 Å². The van der Waals surface area contributed by atoms with E-state index in [1.165, 1.54) is 6.07 Å². The zero-order valence-electron chi connectivity index (χ0n) is 10.9. The van der Waals surface area contributed by atoms with Gasteiger partial charge in [0, 0.05) is 35.4 Å². The smallest absolute Gasteiger partial charge is 0.275 e. The molecule has 0 radical (unpaired) electrons. The second-order valence-corrected chi connectivity index (χ2v) is 4.82. The molecule has 6 heteroatoms. The molecule has 0 saturated carbocycles. The molecule has 0 saturated heterocycles. The van der Waals surface area contributed by atoms with Gasteiger partial charge in [-0.3, -0.25) is 15.1 Å². The molecule has 2 rings (SSSR count). The summed E-state index contributed by atoms with van der Waals surface area (Å²) < 4.78 is 0. The first-order valence-electron chi connectivity index (χ1n) is 6.15. The quantitative estimate of drug-likeness (QED) is 0.676. The van der Waals surface area contributed by atoms with Gasteiger partial charge in [0.05, 0.1) is 10.6 Å². The van der Waals surface area contributed by atoms with E-state index in [4.69, 9.17) is 11.6 Å². The molecule has 104 valence electrons. The van der Waals surface area contributed by atoms with Crippen LogP contribution in [0.4, 0.5) is 5.69 Å². The van der Waals surface area contributed by atoms with Gasteiger partial charge in [0.15, 0.2) is 0 Å². The van der Waals surface area contributed by atoms with Crippen LogP contribution in [0.3, 0.4) is 0 Å². The first-order chi connectivity index (χ1) is 9.58. The van der Waals surface area contributed by atoms with Gasteiger partial charge >= 0.3 is 0 Å². The van der Waals surface area contributed by atoms with E-state index in [1.54, 1.807) is 18.3 Å². The van der Waals surface area contributed by atoms with E-state index in [0.717, 1.165) is 5.69 Å². The maximum Gasteiger partial charge on any atom is 0.275 e. The van der Waals surface area contributed by atoms with Crippen LogP contribution < -0.4 is 5.32 Å². The minimum absolute atomic E-state index is 0.00600. The molecule has 0 amide bonds. The van der Waals surface area contributed by atoms with Crippen molar-refractivity contribution in [2.45, 2.75) is 19.5 Å². The van der Waals surface area contributed by atoms with Crippen molar-refractivity contribution in [1.29, 1.82) is 0 Å². The van der Waals surface area contributed by atoms with Crippen LogP contribution in [0.25, 0.3) is 0 Å². The van der Waals surface area contributed by atoms with E-state index in [1.807, 2.05) is 25.1 Å². The molecular formula is C14H14ClN3O2. The summed E-state index contributed by atoms with van der Waals surface area (Å²) in [5.41, 5.74) is 1.52. The average molecular weight is 292 g/mol. The molecule has 1 aromatic carbocycles. The highest BCUT2D eigenvalue weighted by Crippen LogP contribution is 2.23. The third-order valence-electron chi connectivity index (χ3n) is 2.97. The minimum atomic E-state index is -0.422. The lowest BCUT2D eigenvalue weighted by Gasteiger charge is -2.13. The number of halogens is 1. The zero-order valence-corrected chi connectivity index (χ0v) is 11.7. The van der Waals surface area contributed by atoms with Crippen LogP contribution in [0.2, 0.25) is 5.02 Å². The highest BCUT2D eigenvalue weighted by molar-refractivity contribution is 6.30. The Labute approximate surface area is 121 Å². The molecule has 0 aliphatic heterocycles. The van der Waals surface area contributed by atoms with Crippen molar-refractivity contribution in [3.05, 3.63) is 69.0 Å². The number of nitro groups is 1. The Morgan fingerprint density at radius 1 is 1.40 bits per heavy atom. The summed E-state index contributed by atoms with van der Waals surface area (Å²) in [7, 11) is 0. The molecule has 1 N–H and O–H groups in total. The van der Waals surface area contributed by atoms with Crippen LogP contribution in [0, 0.1) is 10.1 Å². The molecule has 0 aliphatic carbocycles. The van der Waals surface area contributed by atoms with E-state index in [9.17, 15) is 10.1 Å². The fourth-order valence-electron chi connectivity index (χ4n) is 1.86. The topological polar surface area (TPSA) is 68.1 Å². The fourth-order valence-corrected chi connectivity index (χ4v) is 2.02. The Morgan fingerprint density at radius 3 is 2.85 bits per heavy atom. The van der Waals surface area contributed by atoms with Crippen molar-refractivity contribution in [2.24, 2.45) is 0 Å². The second kappa shape index (κ2) is 6.45. The lowest BCUT2D eigenvalue weighted by atomic mass is 10.1. The summed E-state index contributed by atoms with van der Waals surface area (Å²) in [6.45, 7) is 2.34. The molecule has 0 fully saturated rings. The first-order valence-corrected chi connectivity index (χ1v) is 6.53. The molecule has 1 atom stereocenters. The van der Waals surface area contributed by atoms with E-state index < -0.39 is 4.92 Å². The van der Waals surface area contributed by atoms with Gasteiger partial charge in [0.25, 0.3) is 5.69 Å². The van der Waals surface area contributed by atoms with Crippen LogP contribution in [0.5, 0.6) is 0 Å². The molecule has 5 nitrogen and oxygen atoms in total. The highest BCUT2D eigenvalue weighted by atomic mass is 35.5. The third-order valence-corrected chi connectivity index (χ3v) is 3.21. The van der Waals surface area contributed by atoms with Gasteiger partial charge in [-0.25, -0.2) is 0 Å². The summed E-state index contributed by atoms with van der Waals surface area (Å²) in [5.74, 6) is 0. The van der Waals surface area contributed by atoms with Gasteiger partial charge in [-0.05, 0) is 31.2 Å². The predicted molar refractivity (Wildman–Crippen MR) is 77.6 cm³/mol. The number of rotatable bonds is 5. The lowest BCUT2D eigenvalue weighted by Crippen LogP contribution is -2.19.